The van der Waals surface area contributed by atoms with Crippen LogP contribution in [0.15, 0.2) is 23.1 Å². The normalized spacial score (nSPS) is 12.1. The van der Waals surface area contributed by atoms with Gasteiger partial charge in [-0.2, -0.15) is 0 Å². The fraction of sp³-hybridized carbons (Fsp3) is 0.538. The summed E-state index contributed by atoms with van der Waals surface area (Å²) in [5.41, 5.74) is 0.581. The number of rotatable bonds is 7. The van der Waals surface area contributed by atoms with Gasteiger partial charge in [-0.15, -0.1) is 0 Å². The molecule has 19 heavy (non-hydrogen) atoms. The maximum atomic E-state index is 12.1. The van der Waals surface area contributed by atoms with E-state index in [9.17, 15) is 8.42 Å². The zero-order chi connectivity index (χ0) is 14.5. The van der Waals surface area contributed by atoms with Crippen molar-refractivity contribution in [3.8, 4) is 0 Å². The summed E-state index contributed by atoms with van der Waals surface area (Å²) >= 11 is 5.94. The second-order valence-corrected chi connectivity index (χ2v) is 6.87. The zero-order valence-corrected chi connectivity index (χ0v) is 13.1. The lowest BCUT2D eigenvalue weighted by molar-refractivity contribution is 0.554. The summed E-state index contributed by atoms with van der Waals surface area (Å²) in [4.78, 5) is 0.247. The van der Waals surface area contributed by atoms with Crippen LogP contribution in [0.5, 0.6) is 0 Å². The summed E-state index contributed by atoms with van der Waals surface area (Å²) in [6.07, 6.45) is 0.747. The largest absolute Gasteiger partial charge is 0.314 e. The monoisotopic (exact) mass is 304 g/mol. The van der Waals surface area contributed by atoms with E-state index in [-0.39, 0.29) is 4.90 Å². The molecule has 4 nitrogen and oxygen atoms in total. The van der Waals surface area contributed by atoms with Crippen molar-refractivity contribution in [3.05, 3.63) is 28.8 Å². The molecule has 0 atom stereocenters. The first kappa shape index (κ1) is 16.4. The second kappa shape index (κ2) is 7.24. The predicted molar refractivity (Wildman–Crippen MR) is 79.1 cm³/mol. The Morgan fingerprint density at radius 3 is 2.58 bits per heavy atom. The van der Waals surface area contributed by atoms with Gasteiger partial charge in [0.15, 0.2) is 0 Å². The van der Waals surface area contributed by atoms with E-state index in [2.05, 4.69) is 23.9 Å². The highest BCUT2D eigenvalue weighted by atomic mass is 35.5. The van der Waals surface area contributed by atoms with Gasteiger partial charge in [0.25, 0.3) is 0 Å². The van der Waals surface area contributed by atoms with Crippen LogP contribution in [0.3, 0.4) is 0 Å². The van der Waals surface area contributed by atoms with Gasteiger partial charge in [0, 0.05) is 17.6 Å². The fourth-order valence-electron chi connectivity index (χ4n) is 1.64. The molecule has 0 aromatic heterocycles. The standard InChI is InChI=1S/C13H21ClN2O2S/c1-10(2)15-8-5-9-16-19(17,18)13-7-4-6-12(14)11(13)3/h4,6-7,10,15-16H,5,8-9H2,1-3H3. The van der Waals surface area contributed by atoms with Crippen molar-refractivity contribution in [2.75, 3.05) is 13.1 Å². The van der Waals surface area contributed by atoms with Crippen LogP contribution in [0.25, 0.3) is 0 Å². The summed E-state index contributed by atoms with van der Waals surface area (Å²) in [5.74, 6) is 0. The lowest BCUT2D eigenvalue weighted by atomic mass is 10.2. The molecule has 0 aliphatic rings. The molecule has 0 heterocycles. The zero-order valence-electron chi connectivity index (χ0n) is 11.5. The Hall–Kier alpha value is -0.620. The molecule has 6 heteroatoms. The lowest BCUT2D eigenvalue weighted by Crippen LogP contribution is -2.30. The maximum absolute atomic E-state index is 12.1. The van der Waals surface area contributed by atoms with E-state index in [1.165, 1.54) is 0 Å². The first-order chi connectivity index (χ1) is 8.84. The van der Waals surface area contributed by atoms with Gasteiger partial charge in [0.1, 0.15) is 0 Å². The molecule has 1 rings (SSSR count). The van der Waals surface area contributed by atoms with Crippen LogP contribution in [0.4, 0.5) is 0 Å². The molecule has 0 saturated heterocycles. The molecule has 0 aliphatic heterocycles. The Kier molecular flexibility index (Phi) is 6.26. The minimum absolute atomic E-state index is 0.247. The SMILES string of the molecule is Cc1c(Cl)cccc1S(=O)(=O)NCCCNC(C)C. The molecule has 1 aromatic rings. The summed E-state index contributed by atoms with van der Waals surface area (Å²) in [6, 6.07) is 5.30. The number of nitrogens with one attached hydrogen (secondary N) is 2. The van der Waals surface area contributed by atoms with E-state index >= 15 is 0 Å². The minimum atomic E-state index is -3.48. The van der Waals surface area contributed by atoms with Crippen LogP contribution >= 0.6 is 11.6 Å². The highest BCUT2D eigenvalue weighted by molar-refractivity contribution is 7.89. The molecule has 0 bridgehead atoms. The average Bonchev–Trinajstić information content (AvgIpc) is 2.31. The summed E-state index contributed by atoms with van der Waals surface area (Å²) in [6.45, 7) is 7.01. The number of benzene rings is 1. The van der Waals surface area contributed by atoms with Gasteiger partial charge in [0.2, 0.25) is 10.0 Å². The Morgan fingerprint density at radius 2 is 1.95 bits per heavy atom. The third-order valence-electron chi connectivity index (χ3n) is 2.71. The van der Waals surface area contributed by atoms with Crippen molar-refractivity contribution in [3.63, 3.8) is 0 Å². The summed E-state index contributed by atoms with van der Waals surface area (Å²) in [7, 11) is -3.48. The molecule has 1 aromatic carbocycles. The third kappa shape index (κ3) is 5.10. The Balaban J connectivity index is 2.59. The van der Waals surface area contributed by atoms with Gasteiger partial charge in [-0.25, -0.2) is 13.1 Å². The average molecular weight is 305 g/mol. The fourth-order valence-corrected chi connectivity index (χ4v) is 3.21. The highest BCUT2D eigenvalue weighted by Gasteiger charge is 2.17. The van der Waals surface area contributed by atoms with Gasteiger partial charge in [0.05, 0.1) is 4.90 Å². The predicted octanol–water partition coefficient (Wildman–Crippen LogP) is 2.31. The van der Waals surface area contributed by atoms with Crippen LogP contribution in [-0.2, 0) is 10.0 Å². The van der Waals surface area contributed by atoms with E-state index in [0.717, 1.165) is 13.0 Å². The van der Waals surface area contributed by atoms with Gasteiger partial charge < -0.3 is 5.32 Å². The Morgan fingerprint density at radius 1 is 1.26 bits per heavy atom. The van der Waals surface area contributed by atoms with Gasteiger partial charge in [-0.3, -0.25) is 0 Å². The van der Waals surface area contributed by atoms with Crippen molar-refractivity contribution < 1.29 is 8.42 Å². The Bertz CT molecular complexity index is 515. The number of sulfonamides is 1. The molecule has 0 saturated carbocycles. The molecule has 2 N–H and O–H groups in total. The number of hydrogen-bond donors (Lipinski definition) is 2. The van der Waals surface area contributed by atoms with Crippen LogP contribution < -0.4 is 10.0 Å². The van der Waals surface area contributed by atoms with Gasteiger partial charge in [-0.1, -0.05) is 31.5 Å². The highest BCUT2D eigenvalue weighted by Crippen LogP contribution is 2.22. The van der Waals surface area contributed by atoms with Gasteiger partial charge in [-0.05, 0) is 37.6 Å². The van der Waals surface area contributed by atoms with Crippen molar-refractivity contribution in [2.45, 2.75) is 38.1 Å². The van der Waals surface area contributed by atoms with Crippen LogP contribution in [0.2, 0.25) is 5.02 Å². The molecule has 0 fully saturated rings. The van der Waals surface area contributed by atoms with E-state index < -0.39 is 10.0 Å². The maximum Gasteiger partial charge on any atom is 0.240 e. The van der Waals surface area contributed by atoms with Crippen molar-refractivity contribution in [1.29, 1.82) is 0 Å². The topological polar surface area (TPSA) is 58.2 Å². The molecular weight excluding hydrogens is 284 g/mol. The quantitative estimate of drug-likeness (QED) is 0.760. The van der Waals surface area contributed by atoms with E-state index in [1.807, 2.05) is 0 Å². The smallest absolute Gasteiger partial charge is 0.240 e. The summed E-state index contributed by atoms with van der Waals surface area (Å²) < 4.78 is 26.8. The second-order valence-electron chi connectivity index (χ2n) is 4.72. The first-order valence-corrected chi connectivity index (χ1v) is 8.19. The van der Waals surface area contributed by atoms with Crippen molar-refractivity contribution in [2.24, 2.45) is 0 Å². The molecule has 0 aliphatic carbocycles. The van der Waals surface area contributed by atoms with E-state index in [1.54, 1.807) is 25.1 Å². The van der Waals surface area contributed by atoms with E-state index in [0.29, 0.717) is 23.2 Å². The molecule has 108 valence electrons. The molecule has 0 amide bonds. The minimum Gasteiger partial charge on any atom is -0.314 e. The molecule has 0 unspecified atom stereocenters. The lowest BCUT2D eigenvalue weighted by Gasteiger charge is -2.11. The van der Waals surface area contributed by atoms with Crippen LogP contribution in [-0.4, -0.2) is 27.5 Å². The van der Waals surface area contributed by atoms with Crippen LogP contribution in [0.1, 0.15) is 25.8 Å². The van der Waals surface area contributed by atoms with Gasteiger partial charge >= 0.3 is 0 Å². The van der Waals surface area contributed by atoms with Crippen LogP contribution in [0, 0.1) is 6.92 Å². The Labute approximate surface area is 120 Å². The summed E-state index contributed by atoms with van der Waals surface area (Å²) in [5, 5.41) is 3.70. The number of hydrogen-bond acceptors (Lipinski definition) is 3. The van der Waals surface area contributed by atoms with Crippen molar-refractivity contribution >= 4 is 21.6 Å². The first-order valence-electron chi connectivity index (χ1n) is 6.33. The van der Waals surface area contributed by atoms with E-state index in [4.69, 9.17) is 11.6 Å². The molecule has 0 spiro atoms. The molecular formula is C13H21ClN2O2S. The third-order valence-corrected chi connectivity index (χ3v) is 4.72. The number of halogens is 1. The molecule has 0 radical (unpaired) electrons. The van der Waals surface area contributed by atoms with Crippen molar-refractivity contribution in [1.82, 2.24) is 10.0 Å².